The minimum atomic E-state index is -0.470. The van der Waals surface area contributed by atoms with Gasteiger partial charge in [-0.15, -0.1) is 0 Å². The van der Waals surface area contributed by atoms with Crippen molar-refractivity contribution in [3.8, 4) is 0 Å². The number of furan rings is 1. The van der Waals surface area contributed by atoms with Crippen LogP contribution in [0.2, 0.25) is 0 Å². The van der Waals surface area contributed by atoms with Crippen molar-refractivity contribution in [1.29, 1.82) is 0 Å². The maximum absolute atomic E-state index is 9.48. The Bertz CT molecular complexity index is 427. The van der Waals surface area contributed by atoms with Crippen LogP contribution >= 0.6 is 0 Å². The molecule has 0 saturated heterocycles. The number of aliphatic hydroxyl groups excluding tert-OH is 1. The Morgan fingerprint density at radius 2 is 2.15 bits per heavy atom. The van der Waals surface area contributed by atoms with Crippen molar-refractivity contribution in [2.24, 2.45) is 0 Å². The fraction of sp³-hybridized carbons (Fsp3) is 0.273. The van der Waals surface area contributed by atoms with E-state index in [1.165, 1.54) is 0 Å². The molecule has 1 atom stereocenters. The van der Waals surface area contributed by atoms with Gasteiger partial charge >= 0.3 is 0 Å². The molecule has 0 fully saturated rings. The molecule has 1 aromatic heterocycles. The predicted octanol–water partition coefficient (Wildman–Crippen LogP) is 2.79. The summed E-state index contributed by atoms with van der Waals surface area (Å²) in [7, 11) is 0. The van der Waals surface area contributed by atoms with Crippen LogP contribution in [0.15, 0.2) is 28.9 Å². The van der Waals surface area contributed by atoms with Crippen LogP contribution in [0, 0.1) is 6.92 Å². The number of hydrogen-bond acceptors (Lipinski definition) is 2. The molecule has 1 unspecified atom stereocenters. The van der Waals surface area contributed by atoms with Gasteiger partial charge in [0.2, 0.25) is 0 Å². The number of fused-ring (bicyclic) bond motifs is 1. The topological polar surface area (TPSA) is 33.4 Å². The summed E-state index contributed by atoms with van der Waals surface area (Å²) in [4.78, 5) is 0. The van der Waals surface area contributed by atoms with E-state index in [1.54, 1.807) is 13.2 Å². The van der Waals surface area contributed by atoms with Gasteiger partial charge in [0.15, 0.2) is 0 Å². The normalized spacial score (nSPS) is 13.5. The zero-order valence-corrected chi connectivity index (χ0v) is 7.74. The highest BCUT2D eigenvalue weighted by Gasteiger charge is 2.11. The van der Waals surface area contributed by atoms with Crippen LogP contribution in [0.5, 0.6) is 0 Å². The van der Waals surface area contributed by atoms with Crippen LogP contribution in [-0.4, -0.2) is 5.11 Å². The summed E-state index contributed by atoms with van der Waals surface area (Å²) in [6.45, 7) is 3.76. The van der Waals surface area contributed by atoms with Crippen LogP contribution < -0.4 is 0 Å². The molecule has 2 aromatic rings. The Hall–Kier alpha value is -1.28. The average Bonchev–Trinajstić information content (AvgIpc) is 2.49. The van der Waals surface area contributed by atoms with E-state index in [4.69, 9.17) is 4.42 Å². The third-order valence-electron chi connectivity index (χ3n) is 2.29. The van der Waals surface area contributed by atoms with Gasteiger partial charge in [-0.1, -0.05) is 12.1 Å². The van der Waals surface area contributed by atoms with Crippen molar-refractivity contribution in [3.63, 3.8) is 0 Å². The van der Waals surface area contributed by atoms with E-state index >= 15 is 0 Å². The number of aryl methyl sites for hydroxylation is 1. The summed E-state index contributed by atoms with van der Waals surface area (Å²) in [5.74, 6) is 0. The van der Waals surface area contributed by atoms with E-state index < -0.39 is 6.10 Å². The number of rotatable bonds is 1. The Balaban J connectivity index is 2.79. The van der Waals surface area contributed by atoms with Crippen molar-refractivity contribution in [3.05, 3.63) is 35.6 Å². The van der Waals surface area contributed by atoms with Crippen LogP contribution in [0.1, 0.15) is 24.2 Å². The molecule has 1 N–H and O–H groups in total. The predicted molar refractivity (Wildman–Crippen MR) is 51.6 cm³/mol. The van der Waals surface area contributed by atoms with E-state index in [0.29, 0.717) is 0 Å². The first-order chi connectivity index (χ1) is 6.20. The summed E-state index contributed by atoms with van der Waals surface area (Å²) >= 11 is 0. The first kappa shape index (κ1) is 8.32. The van der Waals surface area contributed by atoms with Gasteiger partial charge in [0.25, 0.3) is 0 Å². The second-order valence-corrected chi connectivity index (χ2v) is 3.32. The van der Waals surface area contributed by atoms with Crippen LogP contribution in [-0.2, 0) is 0 Å². The van der Waals surface area contributed by atoms with Gasteiger partial charge < -0.3 is 9.52 Å². The van der Waals surface area contributed by atoms with E-state index in [-0.39, 0.29) is 0 Å². The summed E-state index contributed by atoms with van der Waals surface area (Å²) in [6, 6.07) is 5.88. The van der Waals surface area contributed by atoms with Crippen molar-refractivity contribution >= 4 is 11.0 Å². The Kier molecular flexibility index (Phi) is 1.85. The molecular formula is C11H12O2. The molecule has 1 heterocycles. The van der Waals surface area contributed by atoms with Gasteiger partial charge in [-0.05, 0) is 25.5 Å². The van der Waals surface area contributed by atoms with Gasteiger partial charge in [0.05, 0.1) is 12.4 Å². The standard InChI is InChI=1S/C11H12O2/c1-7-4-3-5-10-11(7)9(6-13-10)8(2)12/h3-6,8,12H,1-2H3. The smallest absolute Gasteiger partial charge is 0.134 e. The SMILES string of the molecule is Cc1cccc2occ(C(C)O)c12. The Morgan fingerprint density at radius 1 is 1.38 bits per heavy atom. The molecular weight excluding hydrogens is 164 g/mol. The molecule has 0 aliphatic rings. The van der Waals surface area contributed by atoms with Gasteiger partial charge in [-0.25, -0.2) is 0 Å². The van der Waals surface area contributed by atoms with E-state index in [0.717, 1.165) is 22.1 Å². The van der Waals surface area contributed by atoms with Crippen molar-refractivity contribution in [1.82, 2.24) is 0 Å². The highest BCUT2D eigenvalue weighted by Crippen LogP contribution is 2.28. The molecule has 0 aliphatic carbocycles. The van der Waals surface area contributed by atoms with Crippen LogP contribution in [0.25, 0.3) is 11.0 Å². The molecule has 0 radical (unpaired) electrons. The summed E-state index contributed by atoms with van der Waals surface area (Å²) in [5.41, 5.74) is 2.85. The Morgan fingerprint density at radius 3 is 2.85 bits per heavy atom. The number of aliphatic hydroxyl groups is 1. The van der Waals surface area contributed by atoms with Crippen LogP contribution in [0.4, 0.5) is 0 Å². The fourth-order valence-corrected chi connectivity index (χ4v) is 1.60. The second-order valence-electron chi connectivity index (χ2n) is 3.32. The summed E-state index contributed by atoms with van der Waals surface area (Å²) in [5, 5.41) is 10.5. The molecule has 2 heteroatoms. The average molecular weight is 176 g/mol. The lowest BCUT2D eigenvalue weighted by atomic mass is 10.0. The molecule has 2 nitrogen and oxygen atoms in total. The van der Waals surface area contributed by atoms with E-state index in [9.17, 15) is 5.11 Å². The molecule has 0 spiro atoms. The first-order valence-corrected chi connectivity index (χ1v) is 4.35. The molecule has 0 saturated carbocycles. The molecule has 2 rings (SSSR count). The zero-order valence-electron chi connectivity index (χ0n) is 7.74. The number of hydrogen-bond donors (Lipinski definition) is 1. The molecule has 0 aliphatic heterocycles. The maximum atomic E-state index is 9.48. The minimum Gasteiger partial charge on any atom is -0.464 e. The third-order valence-corrected chi connectivity index (χ3v) is 2.29. The molecule has 1 aromatic carbocycles. The van der Waals surface area contributed by atoms with Gasteiger partial charge in [0.1, 0.15) is 5.58 Å². The van der Waals surface area contributed by atoms with Gasteiger partial charge in [-0.3, -0.25) is 0 Å². The van der Waals surface area contributed by atoms with E-state index in [2.05, 4.69) is 0 Å². The monoisotopic (exact) mass is 176 g/mol. The molecule has 0 bridgehead atoms. The highest BCUT2D eigenvalue weighted by atomic mass is 16.3. The summed E-state index contributed by atoms with van der Waals surface area (Å²) < 4.78 is 5.33. The molecule has 13 heavy (non-hydrogen) atoms. The summed E-state index contributed by atoms with van der Waals surface area (Å²) in [6.07, 6.45) is 1.16. The molecule has 0 amide bonds. The maximum Gasteiger partial charge on any atom is 0.134 e. The third kappa shape index (κ3) is 1.23. The second kappa shape index (κ2) is 2.89. The lowest BCUT2D eigenvalue weighted by Gasteiger charge is -2.02. The first-order valence-electron chi connectivity index (χ1n) is 4.35. The lowest BCUT2D eigenvalue weighted by Crippen LogP contribution is -1.89. The number of benzene rings is 1. The molecule has 68 valence electrons. The van der Waals surface area contributed by atoms with Gasteiger partial charge in [-0.2, -0.15) is 0 Å². The van der Waals surface area contributed by atoms with Crippen LogP contribution in [0.3, 0.4) is 0 Å². The van der Waals surface area contributed by atoms with E-state index in [1.807, 2.05) is 25.1 Å². The quantitative estimate of drug-likeness (QED) is 0.724. The highest BCUT2D eigenvalue weighted by molar-refractivity contribution is 5.84. The van der Waals surface area contributed by atoms with Gasteiger partial charge in [0, 0.05) is 10.9 Å². The minimum absolute atomic E-state index is 0.470. The largest absolute Gasteiger partial charge is 0.464 e. The zero-order chi connectivity index (χ0) is 9.42. The van der Waals surface area contributed by atoms with Crippen molar-refractivity contribution < 1.29 is 9.52 Å². The van der Waals surface area contributed by atoms with Crippen molar-refractivity contribution in [2.75, 3.05) is 0 Å². The fourth-order valence-electron chi connectivity index (χ4n) is 1.60. The van der Waals surface area contributed by atoms with Crippen molar-refractivity contribution in [2.45, 2.75) is 20.0 Å². The Labute approximate surface area is 76.8 Å². The lowest BCUT2D eigenvalue weighted by molar-refractivity contribution is 0.199.